The van der Waals surface area contributed by atoms with Crippen molar-refractivity contribution >= 4 is 22.9 Å². The monoisotopic (exact) mass is 273 g/mol. The number of para-hydroxylation sites is 1. The number of ether oxygens (including phenoxy) is 1. The van der Waals surface area contributed by atoms with Gasteiger partial charge in [-0.25, -0.2) is 0 Å². The molecule has 1 aromatic carbocycles. The molecule has 0 aliphatic heterocycles. The number of hydrogen-bond acceptors (Lipinski definition) is 3. The third kappa shape index (κ3) is 3.27. The normalized spacial score (nSPS) is 12.2. The van der Waals surface area contributed by atoms with E-state index in [-0.39, 0.29) is 12.4 Å². The fraction of sp³-hybridized carbons (Fsp3) is 0.312. The van der Waals surface area contributed by atoms with E-state index in [1.807, 2.05) is 24.3 Å². The Morgan fingerprint density at radius 3 is 2.75 bits per heavy atom. The Labute approximate surface area is 118 Å². The number of carbonyl (C=O) groups is 1. The summed E-state index contributed by atoms with van der Waals surface area (Å²) in [4.78, 5) is 14.8. The molecule has 2 aromatic rings. The van der Waals surface area contributed by atoms with Crippen molar-refractivity contribution in [3.63, 3.8) is 0 Å². The van der Waals surface area contributed by atoms with Gasteiger partial charge in [-0.3, -0.25) is 4.79 Å². The van der Waals surface area contributed by atoms with Gasteiger partial charge in [0.15, 0.2) is 0 Å². The molecule has 0 atom stereocenters. The van der Waals surface area contributed by atoms with Gasteiger partial charge in [0.25, 0.3) is 0 Å². The fourth-order valence-corrected chi connectivity index (χ4v) is 2.06. The summed E-state index contributed by atoms with van der Waals surface area (Å²) >= 11 is 0. The van der Waals surface area contributed by atoms with E-state index < -0.39 is 5.60 Å². The second-order valence-electron chi connectivity index (χ2n) is 5.30. The number of methoxy groups -OCH3 is 1. The molecule has 2 N–H and O–H groups in total. The lowest BCUT2D eigenvalue weighted by Gasteiger charge is -2.10. The molecule has 0 aliphatic rings. The van der Waals surface area contributed by atoms with Crippen molar-refractivity contribution in [3.8, 4) is 0 Å². The van der Waals surface area contributed by atoms with Gasteiger partial charge >= 0.3 is 5.97 Å². The molecule has 1 heterocycles. The molecule has 2 rings (SSSR count). The first-order chi connectivity index (χ1) is 9.40. The zero-order valence-corrected chi connectivity index (χ0v) is 11.9. The van der Waals surface area contributed by atoms with Crippen LogP contribution < -0.4 is 0 Å². The maximum atomic E-state index is 11.6. The number of nitrogens with one attached hydrogen (secondary N) is 1. The number of carbonyl (C=O) groups excluding carboxylic acids is 1. The average Bonchev–Trinajstić information content (AvgIpc) is 2.74. The molecule has 0 saturated heterocycles. The molecule has 0 unspecified atom stereocenters. The molecule has 4 heteroatoms. The molecule has 0 aliphatic carbocycles. The van der Waals surface area contributed by atoms with Crippen LogP contribution in [0, 0.1) is 0 Å². The Kier molecular flexibility index (Phi) is 3.95. The topological polar surface area (TPSA) is 62.3 Å². The highest BCUT2D eigenvalue weighted by atomic mass is 16.5. The number of rotatable bonds is 4. The van der Waals surface area contributed by atoms with Gasteiger partial charge in [-0.2, -0.15) is 0 Å². The Morgan fingerprint density at radius 2 is 2.10 bits per heavy atom. The van der Waals surface area contributed by atoms with Crippen LogP contribution in [0.15, 0.2) is 30.3 Å². The SMILES string of the molecule is COC(=O)Cc1c(/C=C/C(C)(C)O)[nH]c2ccccc12. The summed E-state index contributed by atoms with van der Waals surface area (Å²) in [6, 6.07) is 7.79. The number of aromatic nitrogens is 1. The highest BCUT2D eigenvalue weighted by Gasteiger charge is 2.14. The standard InChI is InChI=1S/C16H19NO3/c1-16(2,19)9-8-14-12(10-15(18)20-3)11-6-4-5-7-13(11)17-14/h4-9,17,19H,10H2,1-3H3/b9-8+. The van der Waals surface area contributed by atoms with Gasteiger partial charge < -0.3 is 14.8 Å². The zero-order chi connectivity index (χ0) is 14.8. The lowest BCUT2D eigenvalue weighted by molar-refractivity contribution is -0.139. The van der Waals surface area contributed by atoms with Crippen molar-refractivity contribution < 1.29 is 14.6 Å². The van der Waals surface area contributed by atoms with Crippen molar-refractivity contribution in [2.24, 2.45) is 0 Å². The second-order valence-corrected chi connectivity index (χ2v) is 5.30. The first-order valence-electron chi connectivity index (χ1n) is 6.49. The van der Waals surface area contributed by atoms with E-state index in [0.717, 1.165) is 22.2 Å². The summed E-state index contributed by atoms with van der Waals surface area (Å²) in [5, 5.41) is 10.8. The molecule has 0 saturated carbocycles. The largest absolute Gasteiger partial charge is 0.469 e. The van der Waals surface area contributed by atoms with Crippen LogP contribution in [0.5, 0.6) is 0 Å². The quantitative estimate of drug-likeness (QED) is 0.842. The number of aromatic amines is 1. The van der Waals surface area contributed by atoms with E-state index in [2.05, 4.69) is 4.98 Å². The van der Waals surface area contributed by atoms with E-state index >= 15 is 0 Å². The van der Waals surface area contributed by atoms with E-state index in [0.29, 0.717) is 0 Å². The number of fused-ring (bicyclic) bond motifs is 1. The van der Waals surface area contributed by atoms with Gasteiger partial charge in [0, 0.05) is 16.6 Å². The van der Waals surface area contributed by atoms with Crippen molar-refractivity contribution in [1.82, 2.24) is 4.98 Å². The van der Waals surface area contributed by atoms with Gasteiger partial charge in [0.05, 0.1) is 19.1 Å². The Balaban J connectivity index is 2.49. The minimum Gasteiger partial charge on any atom is -0.469 e. The number of hydrogen-bond donors (Lipinski definition) is 2. The Morgan fingerprint density at radius 1 is 1.40 bits per heavy atom. The number of benzene rings is 1. The number of esters is 1. The molecule has 0 amide bonds. The predicted molar refractivity (Wildman–Crippen MR) is 79.4 cm³/mol. The lowest BCUT2D eigenvalue weighted by atomic mass is 10.0. The summed E-state index contributed by atoms with van der Waals surface area (Å²) < 4.78 is 4.75. The van der Waals surface area contributed by atoms with Gasteiger partial charge in [0.2, 0.25) is 0 Å². The molecule has 0 radical (unpaired) electrons. The van der Waals surface area contributed by atoms with E-state index in [1.165, 1.54) is 7.11 Å². The van der Waals surface area contributed by atoms with E-state index in [9.17, 15) is 9.90 Å². The minimum absolute atomic E-state index is 0.200. The van der Waals surface area contributed by atoms with Crippen LogP contribution in [-0.2, 0) is 16.0 Å². The minimum atomic E-state index is -0.903. The van der Waals surface area contributed by atoms with Gasteiger partial charge in [-0.15, -0.1) is 0 Å². The van der Waals surface area contributed by atoms with Crippen LogP contribution in [-0.4, -0.2) is 28.8 Å². The fourth-order valence-electron chi connectivity index (χ4n) is 2.06. The molecule has 0 bridgehead atoms. The predicted octanol–water partition coefficient (Wildman–Crippen LogP) is 2.67. The van der Waals surface area contributed by atoms with Gasteiger partial charge in [-0.1, -0.05) is 24.3 Å². The van der Waals surface area contributed by atoms with Crippen LogP contribution in [0.25, 0.3) is 17.0 Å². The van der Waals surface area contributed by atoms with Gasteiger partial charge in [0.1, 0.15) is 0 Å². The highest BCUT2D eigenvalue weighted by Crippen LogP contribution is 2.25. The van der Waals surface area contributed by atoms with Crippen LogP contribution in [0.4, 0.5) is 0 Å². The molecule has 1 aromatic heterocycles. The molecule has 20 heavy (non-hydrogen) atoms. The summed E-state index contributed by atoms with van der Waals surface area (Å²) in [6.45, 7) is 3.40. The summed E-state index contributed by atoms with van der Waals surface area (Å²) in [5.41, 5.74) is 1.76. The summed E-state index contributed by atoms with van der Waals surface area (Å²) in [7, 11) is 1.38. The van der Waals surface area contributed by atoms with Crippen LogP contribution in [0.2, 0.25) is 0 Å². The van der Waals surface area contributed by atoms with Crippen LogP contribution >= 0.6 is 0 Å². The summed E-state index contributed by atoms with van der Waals surface area (Å²) in [6.07, 6.45) is 3.70. The molecular formula is C16H19NO3. The number of aliphatic hydroxyl groups is 1. The third-order valence-corrected chi connectivity index (χ3v) is 3.05. The van der Waals surface area contributed by atoms with Crippen LogP contribution in [0.1, 0.15) is 25.1 Å². The Hall–Kier alpha value is -2.07. The molecule has 0 fully saturated rings. The maximum absolute atomic E-state index is 11.6. The second kappa shape index (κ2) is 5.51. The molecule has 0 spiro atoms. The lowest BCUT2D eigenvalue weighted by Crippen LogP contribution is -2.13. The van der Waals surface area contributed by atoms with E-state index in [1.54, 1.807) is 26.0 Å². The molecule has 4 nitrogen and oxygen atoms in total. The average molecular weight is 273 g/mol. The molecular weight excluding hydrogens is 254 g/mol. The third-order valence-electron chi connectivity index (χ3n) is 3.05. The van der Waals surface area contributed by atoms with Gasteiger partial charge in [-0.05, 0) is 31.6 Å². The Bertz CT molecular complexity index is 647. The van der Waals surface area contributed by atoms with Crippen LogP contribution in [0.3, 0.4) is 0 Å². The highest BCUT2D eigenvalue weighted by molar-refractivity contribution is 5.91. The zero-order valence-electron chi connectivity index (χ0n) is 11.9. The molecule has 106 valence electrons. The first-order valence-corrected chi connectivity index (χ1v) is 6.49. The van der Waals surface area contributed by atoms with Crippen molar-refractivity contribution in [3.05, 3.63) is 41.6 Å². The first kappa shape index (κ1) is 14.3. The van der Waals surface area contributed by atoms with E-state index in [4.69, 9.17) is 4.74 Å². The number of H-pyrrole nitrogens is 1. The summed E-state index contributed by atoms with van der Waals surface area (Å²) in [5.74, 6) is -0.285. The van der Waals surface area contributed by atoms with Crippen molar-refractivity contribution in [2.45, 2.75) is 25.9 Å². The van der Waals surface area contributed by atoms with Crippen molar-refractivity contribution in [2.75, 3.05) is 7.11 Å². The maximum Gasteiger partial charge on any atom is 0.310 e. The smallest absolute Gasteiger partial charge is 0.310 e. The van der Waals surface area contributed by atoms with Crippen molar-refractivity contribution in [1.29, 1.82) is 0 Å².